The van der Waals surface area contributed by atoms with Gasteiger partial charge in [0.15, 0.2) is 11.6 Å². The largest absolute Gasteiger partial charge is 0.228 e. The molecule has 4 nitrogen and oxygen atoms in total. The molecule has 624 valence electrons. The Kier molecular flexibility index (Phi) is 19.4. The number of fused-ring (bicyclic) bond motifs is 24. The summed E-state index contributed by atoms with van der Waals surface area (Å²) in [4.78, 5) is 21.9. The molecule has 20 aromatic carbocycles. The number of hydrogen-bond donors (Lipinski definition) is 0. The van der Waals surface area contributed by atoms with Crippen LogP contribution in [0.4, 0.5) is 0 Å². The first-order valence-electron chi connectivity index (χ1n) is 46.1. The van der Waals surface area contributed by atoms with Crippen LogP contribution in [-0.2, 0) is 10.8 Å². The molecule has 0 bridgehead atoms. The molecule has 0 aliphatic heterocycles. The number of nitrogens with zero attached hydrogens (tertiary/aromatic N) is 4. The Morgan fingerprint density at radius 1 is 0.104 bits per heavy atom. The van der Waals surface area contributed by atoms with Crippen molar-refractivity contribution in [1.29, 1.82) is 0 Å². The molecular formula is C130H84N4. The van der Waals surface area contributed by atoms with E-state index in [0.29, 0.717) is 11.6 Å². The van der Waals surface area contributed by atoms with Crippen molar-refractivity contribution in [3.05, 3.63) is 554 Å². The van der Waals surface area contributed by atoms with Crippen LogP contribution in [0.1, 0.15) is 44.5 Å². The Morgan fingerprint density at radius 3 is 0.619 bits per heavy atom. The maximum Gasteiger partial charge on any atom is 0.161 e. The number of rotatable bonds is 12. The van der Waals surface area contributed by atoms with Crippen molar-refractivity contribution in [3.8, 4) is 201 Å². The van der Waals surface area contributed by atoms with E-state index < -0.39 is 10.8 Å². The highest BCUT2D eigenvalue weighted by molar-refractivity contribution is 6.01. The molecule has 134 heavy (non-hydrogen) atoms. The average molecular weight is 1700 g/mol. The van der Waals surface area contributed by atoms with E-state index in [1.807, 2.05) is 0 Å². The fourth-order valence-corrected chi connectivity index (χ4v) is 21.9. The molecule has 4 aliphatic carbocycles. The SMILES string of the molecule is c1ccc(-c2cc(-c3ccccc3)cc(-c3cc(-c4ccc5c(c4)-c4ccccc4C54c5ccccc5-c5ccccc5-c5ccccc54)nc(-c4ccccc4-c4ccccc4)n3)c2)cc1.c1ccc(-c2ccc(-c3nc(-c4cc(-c5ccccc5)cc(-c5ccccc5)c4)cc(-c4ccc5c(c4)-c4ccccc4C54c5ccccc5-c5ccccc5-c5ccccc54)n3)cc2)cc1. The lowest BCUT2D eigenvalue weighted by Gasteiger charge is -2.35. The van der Waals surface area contributed by atoms with Crippen molar-refractivity contribution in [2.45, 2.75) is 10.8 Å². The Labute approximate surface area is 780 Å². The second-order valence-electron chi connectivity index (χ2n) is 35.2. The minimum absolute atomic E-state index is 0.551. The Morgan fingerprint density at radius 2 is 0.306 bits per heavy atom. The van der Waals surface area contributed by atoms with Gasteiger partial charge in [0.05, 0.1) is 33.6 Å². The Bertz CT molecular complexity index is 8080. The minimum atomic E-state index is -0.557. The second-order valence-corrected chi connectivity index (χ2v) is 35.2. The molecule has 0 fully saturated rings. The quantitative estimate of drug-likeness (QED) is 0.122. The zero-order chi connectivity index (χ0) is 88.6. The third-order valence-corrected chi connectivity index (χ3v) is 27.9. The monoisotopic (exact) mass is 1700 g/mol. The molecule has 2 spiro atoms. The Balaban J connectivity index is 0.000000143. The fraction of sp³-hybridized carbons (Fsp3) is 0.0154. The summed E-state index contributed by atoms with van der Waals surface area (Å²) in [6.45, 7) is 0. The van der Waals surface area contributed by atoms with E-state index in [1.165, 1.54) is 117 Å². The summed E-state index contributed by atoms with van der Waals surface area (Å²) in [6, 6.07) is 185. The van der Waals surface area contributed by atoms with Crippen LogP contribution in [0.5, 0.6) is 0 Å². The molecule has 4 aliphatic rings. The first kappa shape index (κ1) is 78.8. The lowest BCUT2D eigenvalue weighted by Crippen LogP contribution is -2.29. The van der Waals surface area contributed by atoms with Crippen molar-refractivity contribution in [2.24, 2.45) is 0 Å². The zero-order valence-corrected chi connectivity index (χ0v) is 73.3. The maximum atomic E-state index is 5.54. The first-order valence-corrected chi connectivity index (χ1v) is 46.1. The summed E-state index contributed by atoms with van der Waals surface area (Å²) in [6.07, 6.45) is 0. The molecule has 0 N–H and O–H groups in total. The summed E-state index contributed by atoms with van der Waals surface area (Å²) >= 11 is 0. The Hall–Kier alpha value is -17.4. The molecule has 4 heteroatoms. The third-order valence-electron chi connectivity index (χ3n) is 27.9. The summed E-state index contributed by atoms with van der Waals surface area (Å²) in [5.74, 6) is 1.36. The molecule has 0 saturated heterocycles. The zero-order valence-electron chi connectivity index (χ0n) is 73.3. The number of hydrogen-bond acceptors (Lipinski definition) is 4. The van der Waals surface area contributed by atoms with Crippen molar-refractivity contribution in [3.63, 3.8) is 0 Å². The summed E-state index contributed by atoms with van der Waals surface area (Å²) in [5.41, 5.74) is 47.4. The molecule has 0 atom stereocenters. The molecular weight excluding hydrogens is 1620 g/mol. The smallest absolute Gasteiger partial charge is 0.161 e. The van der Waals surface area contributed by atoms with Crippen LogP contribution in [0.3, 0.4) is 0 Å². The maximum absolute atomic E-state index is 5.54. The van der Waals surface area contributed by atoms with Crippen molar-refractivity contribution in [2.75, 3.05) is 0 Å². The number of aromatic nitrogens is 4. The molecule has 22 aromatic rings. The van der Waals surface area contributed by atoms with Crippen LogP contribution < -0.4 is 0 Å². The second kappa shape index (κ2) is 32.9. The van der Waals surface area contributed by atoms with Gasteiger partial charge in [-0.15, -0.1) is 0 Å². The van der Waals surface area contributed by atoms with Gasteiger partial charge in [0, 0.05) is 33.4 Å². The van der Waals surface area contributed by atoms with Gasteiger partial charge in [-0.3, -0.25) is 0 Å². The lowest BCUT2D eigenvalue weighted by atomic mass is 9.66. The normalized spacial score (nSPS) is 12.6. The summed E-state index contributed by atoms with van der Waals surface area (Å²) < 4.78 is 0. The van der Waals surface area contributed by atoms with Gasteiger partial charge in [0.1, 0.15) is 0 Å². The first-order chi connectivity index (χ1) is 66.4. The predicted octanol–water partition coefficient (Wildman–Crippen LogP) is 33.0. The lowest BCUT2D eigenvalue weighted by molar-refractivity contribution is 0.775. The third kappa shape index (κ3) is 13.3. The predicted molar refractivity (Wildman–Crippen MR) is 553 cm³/mol. The molecule has 0 radical (unpaired) electrons. The van der Waals surface area contributed by atoms with Crippen LogP contribution >= 0.6 is 0 Å². The van der Waals surface area contributed by atoms with E-state index in [4.69, 9.17) is 19.9 Å². The molecule has 0 unspecified atom stereocenters. The topological polar surface area (TPSA) is 51.6 Å². The van der Waals surface area contributed by atoms with Crippen LogP contribution in [0.15, 0.2) is 510 Å². The van der Waals surface area contributed by atoms with Crippen LogP contribution in [0.25, 0.3) is 201 Å². The van der Waals surface area contributed by atoms with E-state index in [0.717, 1.165) is 117 Å². The van der Waals surface area contributed by atoms with E-state index in [-0.39, 0.29) is 0 Å². The highest BCUT2D eigenvalue weighted by atomic mass is 14.9. The van der Waals surface area contributed by atoms with Gasteiger partial charge in [-0.2, -0.15) is 0 Å². The van der Waals surface area contributed by atoms with Crippen molar-refractivity contribution >= 4 is 0 Å². The van der Waals surface area contributed by atoms with Crippen molar-refractivity contribution < 1.29 is 0 Å². The van der Waals surface area contributed by atoms with E-state index in [1.54, 1.807) is 0 Å². The van der Waals surface area contributed by atoms with E-state index in [9.17, 15) is 0 Å². The summed E-state index contributed by atoms with van der Waals surface area (Å²) in [5, 5.41) is 0. The van der Waals surface area contributed by atoms with E-state index in [2.05, 4.69) is 510 Å². The standard InChI is InChI=1S/2C65H42N2/c1-4-20-43(21-5-1)47-38-48(44-22-6-2-7-23-44)40-49(39-47)63-42-62(66-64(67-63)56-32-13-10-26-50(56)45-24-8-3-9-25-45)46-36-37-61-57(41-46)55-31-16-19-35-60(55)65(61)58-33-17-14-29-53(58)51-27-11-12-28-52(51)54-30-15-18-34-59(54)65;1-4-18-43(19-5-1)46-32-34-47(35-33-46)64-66-62(42-63(67-64)51-39-49(44-20-6-2-7-21-44)38-50(40-51)45-22-8-3-9-23-45)48-36-37-61-57(41-48)56-28-14-17-31-60(56)65(61)58-29-15-12-26-54(58)52-24-10-11-25-53(52)55-27-13-16-30-59(55)65/h2*1-42H. The number of benzene rings is 20. The molecule has 0 saturated carbocycles. The van der Waals surface area contributed by atoms with Crippen LogP contribution in [-0.4, -0.2) is 19.9 Å². The van der Waals surface area contributed by atoms with Gasteiger partial charge in [-0.05, 0) is 239 Å². The average Bonchev–Trinajstić information content (AvgIpc) is 1.52. The molecule has 2 heterocycles. The fourth-order valence-electron chi connectivity index (χ4n) is 21.9. The molecule has 2 aromatic heterocycles. The van der Waals surface area contributed by atoms with Gasteiger partial charge in [-0.25, -0.2) is 19.9 Å². The van der Waals surface area contributed by atoms with Gasteiger partial charge < -0.3 is 0 Å². The van der Waals surface area contributed by atoms with Crippen LogP contribution in [0.2, 0.25) is 0 Å². The van der Waals surface area contributed by atoms with Crippen molar-refractivity contribution in [1.82, 2.24) is 19.9 Å². The van der Waals surface area contributed by atoms with Gasteiger partial charge in [0.2, 0.25) is 0 Å². The minimum Gasteiger partial charge on any atom is -0.228 e. The van der Waals surface area contributed by atoms with Crippen LogP contribution in [0, 0.1) is 0 Å². The highest BCUT2D eigenvalue weighted by Gasteiger charge is 2.52. The molecule has 26 rings (SSSR count). The summed E-state index contributed by atoms with van der Waals surface area (Å²) in [7, 11) is 0. The van der Waals surface area contributed by atoms with Gasteiger partial charge in [-0.1, -0.05) is 449 Å². The van der Waals surface area contributed by atoms with E-state index >= 15 is 0 Å². The van der Waals surface area contributed by atoms with Gasteiger partial charge in [0.25, 0.3) is 0 Å². The highest BCUT2D eigenvalue weighted by Crippen LogP contribution is 2.64. The van der Waals surface area contributed by atoms with Gasteiger partial charge >= 0.3 is 0 Å². The molecule has 0 amide bonds.